The van der Waals surface area contributed by atoms with Crippen molar-refractivity contribution < 1.29 is 11.0 Å². The molecule has 0 heterocycles. The molecular formula is C8H5N2O2+. The molecule has 0 saturated carbocycles. The van der Waals surface area contributed by atoms with E-state index in [9.17, 15) is 9.59 Å². The SMILES string of the molecule is O=C=Nc1ccc(N=C=O)cc1.[H+]. The second-order valence-electron chi connectivity index (χ2n) is 1.92. The zero-order valence-corrected chi connectivity index (χ0v) is 6.02. The van der Waals surface area contributed by atoms with E-state index in [1.54, 1.807) is 24.3 Å². The van der Waals surface area contributed by atoms with Gasteiger partial charge < -0.3 is 0 Å². The van der Waals surface area contributed by atoms with Crippen LogP contribution in [-0.4, -0.2) is 12.2 Å². The van der Waals surface area contributed by atoms with Crippen molar-refractivity contribution in [3.05, 3.63) is 24.3 Å². The topological polar surface area (TPSA) is 58.9 Å². The Bertz CT molecular complexity index is 325. The van der Waals surface area contributed by atoms with E-state index in [1.807, 2.05) is 0 Å². The standard InChI is InChI=1S/C8H4N2O2/c11-5-9-7-1-2-8(4-3-7)10-6-12/h1-4H/p+1. The first-order valence-electron chi connectivity index (χ1n) is 3.12. The van der Waals surface area contributed by atoms with E-state index >= 15 is 0 Å². The summed E-state index contributed by atoms with van der Waals surface area (Å²) in [6.07, 6.45) is 2.80. The van der Waals surface area contributed by atoms with Crippen LogP contribution in [0.1, 0.15) is 1.43 Å². The highest BCUT2D eigenvalue weighted by atomic mass is 16.1. The number of hydrogen-bond donors (Lipinski definition) is 0. The van der Waals surface area contributed by atoms with Gasteiger partial charge in [-0.3, -0.25) is 0 Å². The van der Waals surface area contributed by atoms with Gasteiger partial charge in [0.25, 0.3) is 0 Å². The number of nitrogens with zero attached hydrogens (tertiary/aromatic N) is 2. The van der Waals surface area contributed by atoms with E-state index in [1.165, 1.54) is 12.2 Å². The molecule has 4 nitrogen and oxygen atoms in total. The molecule has 4 heteroatoms. The number of rotatable bonds is 2. The lowest BCUT2D eigenvalue weighted by molar-refractivity contribution is 0.564. The summed E-state index contributed by atoms with van der Waals surface area (Å²) >= 11 is 0. The molecule has 0 amide bonds. The minimum atomic E-state index is 0. The largest absolute Gasteiger partial charge is 1.00 e. The first kappa shape index (κ1) is 8.08. The van der Waals surface area contributed by atoms with Crippen LogP contribution in [0.5, 0.6) is 0 Å². The summed E-state index contributed by atoms with van der Waals surface area (Å²) in [6, 6.07) is 6.23. The van der Waals surface area contributed by atoms with Gasteiger partial charge >= 0.3 is 1.43 Å². The van der Waals surface area contributed by atoms with Crippen molar-refractivity contribution in [1.82, 2.24) is 0 Å². The average Bonchev–Trinajstić information content (AvgIpc) is 2.09. The van der Waals surface area contributed by atoms with Gasteiger partial charge in [0.1, 0.15) is 0 Å². The Balaban J connectivity index is 0.00000144. The molecule has 0 fully saturated rings. The Kier molecular flexibility index (Phi) is 2.68. The number of benzene rings is 1. The monoisotopic (exact) mass is 161 g/mol. The lowest BCUT2D eigenvalue weighted by atomic mass is 10.3. The molecule has 0 aromatic heterocycles. The third kappa shape index (κ3) is 1.99. The number of isocyanates is 2. The summed E-state index contributed by atoms with van der Waals surface area (Å²) in [5.74, 6) is 0. The van der Waals surface area contributed by atoms with Gasteiger partial charge in [-0.05, 0) is 24.3 Å². The molecule has 1 aromatic rings. The normalized spacial score (nSPS) is 8.00. The summed E-state index contributed by atoms with van der Waals surface area (Å²) < 4.78 is 0. The van der Waals surface area contributed by atoms with E-state index in [0.29, 0.717) is 11.4 Å². The van der Waals surface area contributed by atoms with Gasteiger partial charge in [0.15, 0.2) is 0 Å². The van der Waals surface area contributed by atoms with Crippen molar-refractivity contribution in [1.29, 1.82) is 0 Å². The van der Waals surface area contributed by atoms with Gasteiger partial charge in [0.2, 0.25) is 12.2 Å². The average molecular weight is 161 g/mol. The molecule has 0 radical (unpaired) electrons. The molecule has 1 aromatic carbocycles. The maximum atomic E-state index is 9.81. The van der Waals surface area contributed by atoms with Crippen molar-refractivity contribution in [2.24, 2.45) is 9.98 Å². The van der Waals surface area contributed by atoms with Gasteiger partial charge in [0.05, 0.1) is 11.4 Å². The molecule has 0 bridgehead atoms. The second-order valence-corrected chi connectivity index (χ2v) is 1.92. The summed E-state index contributed by atoms with van der Waals surface area (Å²) in [5.41, 5.74) is 0.963. The van der Waals surface area contributed by atoms with E-state index in [4.69, 9.17) is 0 Å². The van der Waals surface area contributed by atoms with Crippen LogP contribution in [0.25, 0.3) is 0 Å². The summed E-state index contributed by atoms with van der Waals surface area (Å²) in [6.45, 7) is 0. The van der Waals surface area contributed by atoms with Crippen molar-refractivity contribution in [2.45, 2.75) is 0 Å². The van der Waals surface area contributed by atoms with Crippen LogP contribution in [0, 0.1) is 0 Å². The molecule has 1 rings (SSSR count). The molecule has 12 heavy (non-hydrogen) atoms. The van der Waals surface area contributed by atoms with Crippen molar-refractivity contribution in [3.8, 4) is 0 Å². The third-order valence-corrected chi connectivity index (χ3v) is 1.20. The smallest absolute Gasteiger partial charge is 0.211 e. The maximum absolute atomic E-state index is 9.81. The van der Waals surface area contributed by atoms with Crippen molar-refractivity contribution in [3.63, 3.8) is 0 Å². The summed E-state index contributed by atoms with van der Waals surface area (Å²) in [4.78, 5) is 26.3. The predicted octanol–water partition coefficient (Wildman–Crippen LogP) is 1.73. The zero-order chi connectivity index (χ0) is 8.81. The Morgan fingerprint density at radius 3 is 1.50 bits per heavy atom. The van der Waals surface area contributed by atoms with Gasteiger partial charge in [-0.2, -0.15) is 9.98 Å². The van der Waals surface area contributed by atoms with Crippen molar-refractivity contribution in [2.75, 3.05) is 0 Å². The lowest BCUT2D eigenvalue weighted by Gasteiger charge is -1.89. The van der Waals surface area contributed by atoms with E-state index in [-0.39, 0.29) is 1.43 Å². The van der Waals surface area contributed by atoms with Crippen LogP contribution in [0.3, 0.4) is 0 Å². The fraction of sp³-hybridized carbons (Fsp3) is 0. The first-order valence-corrected chi connectivity index (χ1v) is 3.12. The molecule has 0 saturated heterocycles. The molecule has 0 aliphatic heterocycles. The molecular weight excluding hydrogens is 156 g/mol. The molecule has 0 N–H and O–H groups in total. The third-order valence-electron chi connectivity index (χ3n) is 1.20. The van der Waals surface area contributed by atoms with Gasteiger partial charge in [-0.15, -0.1) is 0 Å². The molecule has 0 aliphatic carbocycles. The highest BCUT2D eigenvalue weighted by Crippen LogP contribution is 2.16. The fourth-order valence-electron chi connectivity index (χ4n) is 0.707. The van der Waals surface area contributed by atoms with Gasteiger partial charge in [-0.25, -0.2) is 9.59 Å². The Hall–Kier alpha value is -2.02. The number of aliphatic imine (C=N–C) groups is 2. The summed E-state index contributed by atoms with van der Waals surface area (Å²) in [5, 5.41) is 0. The number of hydrogen-bond acceptors (Lipinski definition) is 4. The van der Waals surface area contributed by atoms with Crippen LogP contribution < -0.4 is 0 Å². The quantitative estimate of drug-likeness (QED) is 0.489. The fourth-order valence-corrected chi connectivity index (χ4v) is 0.707. The molecule has 0 aliphatic rings. The van der Waals surface area contributed by atoms with E-state index in [2.05, 4.69) is 9.98 Å². The van der Waals surface area contributed by atoms with E-state index in [0.717, 1.165) is 0 Å². The molecule has 0 unspecified atom stereocenters. The highest BCUT2D eigenvalue weighted by Gasteiger charge is 1.89. The van der Waals surface area contributed by atoms with Crippen LogP contribution >= 0.6 is 0 Å². The van der Waals surface area contributed by atoms with Crippen LogP contribution in [0.4, 0.5) is 11.4 Å². The molecule has 0 spiro atoms. The van der Waals surface area contributed by atoms with Gasteiger partial charge in [0, 0.05) is 0 Å². The summed E-state index contributed by atoms with van der Waals surface area (Å²) in [7, 11) is 0. The molecule has 58 valence electrons. The van der Waals surface area contributed by atoms with Crippen LogP contribution in [0.2, 0.25) is 0 Å². The number of carbonyl (C=O) groups excluding carboxylic acids is 2. The highest BCUT2D eigenvalue weighted by molar-refractivity contribution is 5.55. The first-order chi connectivity index (χ1) is 5.86. The van der Waals surface area contributed by atoms with Gasteiger partial charge in [-0.1, -0.05) is 0 Å². The minimum Gasteiger partial charge on any atom is -0.211 e. The Morgan fingerprint density at radius 2 is 1.25 bits per heavy atom. The molecule has 0 atom stereocenters. The Morgan fingerprint density at radius 1 is 0.917 bits per heavy atom. The lowest BCUT2D eigenvalue weighted by Crippen LogP contribution is -1.64. The zero-order valence-electron chi connectivity index (χ0n) is 7.02. The van der Waals surface area contributed by atoms with Crippen LogP contribution in [0.15, 0.2) is 34.3 Å². The maximum Gasteiger partial charge on any atom is 1.00 e. The van der Waals surface area contributed by atoms with Crippen molar-refractivity contribution >= 4 is 23.5 Å². The second kappa shape index (κ2) is 3.98. The van der Waals surface area contributed by atoms with E-state index < -0.39 is 0 Å². The Labute approximate surface area is 69.8 Å². The van der Waals surface area contributed by atoms with Crippen LogP contribution in [-0.2, 0) is 9.59 Å². The predicted molar refractivity (Wildman–Crippen MR) is 43.1 cm³/mol. The minimum absolute atomic E-state index is 0.